The Labute approximate surface area is 133 Å². The van der Waals surface area contributed by atoms with Gasteiger partial charge in [-0.15, -0.1) is 0 Å². The maximum Gasteiger partial charge on any atom is 0.269 e. The highest BCUT2D eigenvalue weighted by Crippen LogP contribution is 2.24. The maximum absolute atomic E-state index is 12.1. The molecule has 0 radical (unpaired) electrons. The molecular formula is C16H19N3O4. The number of aryl methyl sites for hydroxylation is 1. The summed E-state index contributed by atoms with van der Waals surface area (Å²) in [5.74, 6) is 0.848. The van der Waals surface area contributed by atoms with E-state index in [0.29, 0.717) is 23.0 Å². The largest absolute Gasteiger partial charge is 0.444 e. The summed E-state index contributed by atoms with van der Waals surface area (Å²) in [4.78, 5) is 26.5. The van der Waals surface area contributed by atoms with Gasteiger partial charge < -0.3 is 9.73 Å². The van der Waals surface area contributed by atoms with Gasteiger partial charge in [-0.2, -0.15) is 0 Å². The van der Waals surface area contributed by atoms with E-state index in [-0.39, 0.29) is 23.4 Å². The summed E-state index contributed by atoms with van der Waals surface area (Å²) in [6, 6.07) is 5.66. The Kier molecular flexibility index (Phi) is 4.49. The Morgan fingerprint density at radius 1 is 1.30 bits per heavy atom. The number of nitrogens with zero attached hydrogens (tertiary/aromatic N) is 2. The molecule has 1 N–H and O–H groups in total. The van der Waals surface area contributed by atoms with E-state index in [1.165, 1.54) is 24.3 Å². The lowest BCUT2D eigenvalue weighted by Crippen LogP contribution is -2.14. The van der Waals surface area contributed by atoms with E-state index in [2.05, 4.69) is 10.3 Å². The number of carbonyl (C=O) groups excluding carboxylic acids is 1. The number of aromatic nitrogens is 1. The third-order valence-electron chi connectivity index (χ3n) is 3.22. The standard InChI is InChI=1S/C16H19N3O4/c1-10-13(23-15(17-10)16(2,3)4)9-14(20)18-11-5-7-12(8-6-11)19(21)22/h5-8H,9H2,1-4H3,(H,18,20). The molecule has 0 fully saturated rings. The second kappa shape index (κ2) is 6.20. The number of oxazole rings is 1. The number of hydrogen-bond donors (Lipinski definition) is 1. The monoisotopic (exact) mass is 317 g/mol. The number of anilines is 1. The number of carbonyl (C=O) groups is 1. The maximum atomic E-state index is 12.1. The highest BCUT2D eigenvalue weighted by atomic mass is 16.6. The van der Waals surface area contributed by atoms with Crippen molar-refractivity contribution in [1.29, 1.82) is 0 Å². The Balaban J connectivity index is 2.05. The lowest BCUT2D eigenvalue weighted by molar-refractivity contribution is -0.384. The minimum Gasteiger partial charge on any atom is -0.444 e. The number of nitro benzene ring substituents is 1. The van der Waals surface area contributed by atoms with E-state index < -0.39 is 4.92 Å². The summed E-state index contributed by atoms with van der Waals surface area (Å²) in [6.07, 6.45) is 0.0614. The van der Waals surface area contributed by atoms with Crippen LogP contribution in [0, 0.1) is 17.0 Å². The van der Waals surface area contributed by atoms with Gasteiger partial charge >= 0.3 is 0 Å². The Bertz CT molecular complexity index is 727. The zero-order valence-electron chi connectivity index (χ0n) is 13.5. The third kappa shape index (κ3) is 4.15. The van der Waals surface area contributed by atoms with Crippen LogP contribution in [-0.2, 0) is 16.6 Å². The summed E-state index contributed by atoms with van der Waals surface area (Å²) in [6.45, 7) is 7.75. The molecule has 0 bridgehead atoms. The van der Waals surface area contributed by atoms with Crippen LogP contribution in [0.2, 0.25) is 0 Å². The van der Waals surface area contributed by atoms with Crippen molar-refractivity contribution >= 4 is 17.3 Å². The van der Waals surface area contributed by atoms with Gasteiger partial charge in [-0.1, -0.05) is 20.8 Å². The number of benzene rings is 1. The predicted molar refractivity (Wildman–Crippen MR) is 85.4 cm³/mol. The fourth-order valence-electron chi connectivity index (χ4n) is 1.93. The van der Waals surface area contributed by atoms with Crippen LogP contribution in [0.15, 0.2) is 28.7 Å². The van der Waals surface area contributed by atoms with Crippen molar-refractivity contribution < 1.29 is 14.1 Å². The first kappa shape index (κ1) is 16.7. The van der Waals surface area contributed by atoms with Crippen LogP contribution < -0.4 is 5.32 Å². The quantitative estimate of drug-likeness (QED) is 0.688. The lowest BCUT2D eigenvalue weighted by atomic mass is 9.97. The first-order valence-electron chi connectivity index (χ1n) is 7.18. The smallest absolute Gasteiger partial charge is 0.269 e. The van der Waals surface area contributed by atoms with E-state index in [4.69, 9.17) is 4.42 Å². The first-order chi connectivity index (χ1) is 10.7. The average Bonchev–Trinajstić information content (AvgIpc) is 2.80. The average molecular weight is 317 g/mol. The van der Waals surface area contributed by atoms with Crippen molar-refractivity contribution in [3.63, 3.8) is 0 Å². The molecule has 0 aliphatic rings. The molecule has 7 heteroatoms. The predicted octanol–water partition coefficient (Wildman–Crippen LogP) is 3.37. The number of rotatable bonds is 4. The minimum absolute atomic E-state index is 0.0242. The van der Waals surface area contributed by atoms with E-state index in [9.17, 15) is 14.9 Å². The van der Waals surface area contributed by atoms with E-state index >= 15 is 0 Å². The third-order valence-corrected chi connectivity index (χ3v) is 3.22. The summed E-state index contributed by atoms with van der Waals surface area (Å²) in [5, 5.41) is 13.3. The molecule has 0 unspecified atom stereocenters. The molecule has 2 rings (SSSR count). The molecule has 122 valence electrons. The van der Waals surface area contributed by atoms with Crippen LogP contribution in [0.3, 0.4) is 0 Å². The molecule has 23 heavy (non-hydrogen) atoms. The second-order valence-electron chi connectivity index (χ2n) is 6.31. The van der Waals surface area contributed by atoms with Crippen molar-refractivity contribution in [1.82, 2.24) is 4.98 Å². The number of nitro groups is 1. The minimum atomic E-state index is -0.489. The normalized spacial score (nSPS) is 11.3. The van der Waals surface area contributed by atoms with Gasteiger partial charge in [0.1, 0.15) is 5.76 Å². The van der Waals surface area contributed by atoms with Crippen LogP contribution in [-0.4, -0.2) is 15.8 Å². The molecule has 1 heterocycles. The SMILES string of the molecule is Cc1nc(C(C)(C)C)oc1CC(=O)Nc1ccc([N+](=O)[O-])cc1. The molecule has 0 aliphatic carbocycles. The summed E-state index contributed by atoms with van der Waals surface area (Å²) >= 11 is 0. The molecule has 0 spiro atoms. The van der Waals surface area contributed by atoms with Crippen LogP contribution in [0.4, 0.5) is 11.4 Å². The van der Waals surface area contributed by atoms with Crippen LogP contribution in [0.25, 0.3) is 0 Å². The Morgan fingerprint density at radius 3 is 2.39 bits per heavy atom. The van der Waals surface area contributed by atoms with E-state index in [1.807, 2.05) is 20.8 Å². The number of amides is 1. The molecule has 7 nitrogen and oxygen atoms in total. The van der Waals surface area contributed by atoms with Gasteiger partial charge in [0.25, 0.3) is 5.69 Å². The van der Waals surface area contributed by atoms with Gasteiger partial charge in [0, 0.05) is 23.2 Å². The molecular weight excluding hydrogens is 298 g/mol. The molecule has 2 aromatic rings. The highest BCUT2D eigenvalue weighted by molar-refractivity contribution is 5.92. The fourth-order valence-corrected chi connectivity index (χ4v) is 1.93. The van der Waals surface area contributed by atoms with Gasteiger partial charge in [-0.3, -0.25) is 14.9 Å². The van der Waals surface area contributed by atoms with Crippen molar-refractivity contribution in [2.45, 2.75) is 39.5 Å². The Morgan fingerprint density at radius 2 is 1.91 bits per heavy atom. The summed E-state index contributed by atoms with van der Waals surface area (Å²) in [7, 11) is 0. The fraction of sp³-hybridized carbons (Fsp3) is 0.375. The van der Waals surface area contributed by atoms with Crippen LogP contribution in [0.1, 0.15) is 38.1 Å². The van der Waals surface area contributed by atoms with Crippen LogP contribution in [0.5, 0.6) is 0 Å². The highest BCUT2D eigenvalue weighted by Gasteiger charge is 2.23. The van der Waals surface area contributed by atoms with Gasteiger partial charge in [-0.05, 0) is 19.1 Å². The molecule has 0 saturated carbocycles. The molecule has 0 atom stereocenters. The number of nitrogens with one attached hydrogen (secondary N) is 1. The lowest BCUT2D eigenvalue weighted by Gasteiger charge is -2.12. The van der Waals surface area contributed by atoms with Crippen LogP contribution >= 0.6 is 0 Å². The molecule has 0 aliphatic heterocycles. The van der Waals surface area contributed by atoms with Crippen molar-refractivity contribution in [3.8, 4) is 0 Å². The van der Waals surface area contributed by atoms with E-state index in [1.54, 1.807) is 6.92 Å². The van der Waals surface area contributed by atoms with Gasteiger partial charge in [-0.25, -0.2) is 4.98 Å². The number of non-ortho nitro benzene ring substituents is 1. The second-order valence-corrected chi connectivity index (χ2v) is 6.31. The molecule has 1 amide bonds. The molecule has 1 aromatic heterocycles. The zero-order chi connectivity index (χ0) is 17.2. The summed E-state index contributed by atoms with van der Waals surface area (Å²) < 4.78 is 5.68. The Hall–Kier alpha value is -2.70. The van der Waals surface area contributed by atoms with Gasteiger partial charge in [0.15, 0.2) is 5.89 Å². The van der Waals surface area contributed by atoms with Gasteiger partial charge in [0.05, 0.1) is 17.0 Å². The van der Waals surface area contributed by atoms with E-state index in [0.717, 1.165) is 0 Å². The first-order valence-corrected chi connectivity index (χ1v) is 7.18. The zero-order valence-corrected chi connectivity index (χ0v) is 13.5. The topological polar surface area (TPSA) is 98.3 Å². The molecule has 1 aromatic carbocycles. The van der Waals surface area contributed by atoms with Crippen molar-refractivity contribution in [2.24, 2.45) is 0 Å². The number of hydrogen-bond acceptors (Lipinski definition) is 5. The van der Waals surface area contributed by atoms with Crippen molar-refractivity contribution in [3.05, 3.63) is 51.7 Å². The summed E-state index contributed by atoms with van der Waals surface area (Å²) in [5.41, 5.74) is 0.934. The molecule has 0 saturated heterocycles. The van der Waals surface area contributed by atoms with Gasteiger partial charge in [0.2, 0.25) is 5.91 Å². The van der Waals surface area contributed by atoms with Crippen molar-refractivity contribution in [2.75, 3.05) is 5.32 Å².